The maximum atomic E-state index is 5.70. The van der Waals surface area contributed by atoms with Crippen molar-refractivity contribution in [3.05, 3.63) is 72.3 Å². The van der Waals surface area contributed by atoms with Gasteiger partial charge >= 0.3 is 0 Å². The van der Waals surface area contributed by atoms with Gasteiger partial charge in [0.1, 0.15) is 18.1 Å². The smallest absolute Gasteiger partial charge is 0.191 e. The number of rotatable bonds is 9. The van der Waals surface area contributed by atoms with Gasteiger partial charge in [-0.3, -0.25) is 4.99 Å². The van der Waals surface area contributed by atoms with Crippen molar-refractivity contribution in [1.29, 1.82) is 0 Å². The molecule has 0 aliphatic heterocycles. The third kappa shape index (κ3) is 7.07. The second-order valence-corrected chi connectivity index (χ2v) is 6.16. The van der Waals surface area contributed by atoms with Gasteiger partial charge in [0, 0.05) is 31.6 Å². The van der Waals surface area contributed by atoms with E-state index in [1.54, 1.807) is 20.2 Å². The van der Waals surface area contributed by atoms with Crippen LogP contribution in [0.25, 0.3) is 0 Å². The minimum atomic E-state index is 0. The number of hydrogen-bond acceptors (Lipinski definition) is 3. The lowest BCUT2D eigenvalue weighted by atomic mass is 10.0. The van der Waals surface area contributed by atoms with E-state index < -0.39 is 0 Å². The molecular weight excluding hydrogens is 465 g/mol. The van der Waals surface area contributed by atoms with Crippen LogP contribution in [0, 0.1) is 0 Å². The molecule has 0 saturated carbocycles. The summed E-state index contributed by atoms with van der Waals surface area (Å²) in [5.74, 6) is 2.78. The largest absolute Gasteiger partial charge is 0.496 e. The summed E-state index contributed by atoms with van der Waals surface area (Å²) in [5, 5.41) is 6.72. The molecule has 2 rings (SSSR count). The van der Waals surface area contributed by atoms with Gasteiger partial charge in [0.2, 0.25) is 0 Å². The van der Waals surface area contributed by atoms with Crippen LogP contribution in [0.1, 0.15) is 24.0 Å². The first kappa shape index (κ1) is 23.8. The van der Waals surface area contributed by atoms with Crippen molar-refractivity contribution >= 4 is 29.9 Å². The molecule has 0 saturated heterocycles. The lowest BCUT2D eigenvalue weighted by Gasteiger charge is -2.19. The zero-order valence-electron chi connectivity index (χ0n) is 16.8. The van der Waals surface area contributed by atoms with Gasteiger partial charge in [-0.15, -0.1) is 24.0 Å². The average molecular weight is 495 g/mol. The lowest BCUT2D eigenvalue weighted by Crippen LogP contribution is -2.38. The van der Waals surface area contributed by atoms with E-state index in [2.05, 4.69) is 35.2 Å². The fourth-order valence-corrected chi connectivity index (χ4v) is 2.77. The van der Waals surface area contributed by atoms with Crippen molar-refractivity contribution in [3.8, 4) is 11.5 Å². The van der Waals surface area contributed by atoms with Crippen LogP contribution in [0.3, 0.4) is 0 Å². The molecule has 152 valence electrons. The Kier molecular flexibility index (Phi) is 11.1. The third-order valence-corrected chi connectivity index (χ3v) is 4.24. The summed E-state index contributed by atoms with van der Waals surface area (Å²) in [6.07, 6.45) is 1.74. The highest BCUT2D eigenvalue weighted by atomic mass is 127. The van der Waals surface area contributed by atoms with Crippen LogP contribution >= 0.6 is 24.0 Å². The monoisotopic (exact) mass is 495 g/mol. The topological polar surface area (TPSA) is 54.9 Å². The Morgan fingerprint density at radius 1 is 1.11 bits per heavy atom. The Hall–Kier alpha value is -2.22. The van der Waals surface area contributed by atoms with Gasteiger partial charge < -0.3 is 20.1 Å². The molecular formula is C22H30IN3O2. The fourth-order valence-electron chi connectivity index (χ4n) is 2.77. The maximum Gasteiger partial charge on any atom is 0.191 e. The van der Waals surface area contributed by atoms with E-state index in [0.717, 1.165) is 29.6 Å². The van der Waals surface area contributed by atoms with E-state index in [9.17, 15) is 0 Å². The molecule has 28 heavy (non-hydrogen) atoms. The van der Waals surface area contributed by atoms with Gasteiger partial charge in [0.25, 0.3) is 0 Å². The van der Waals surface area contributed by atoms with Gasteiger partial charge in [-0.2, -0.15) is 0 Å². The van der Waals surface area contributed by atoms with Crippen molar-refractivity contribution in [3.63, 3.8) is 0 Å². The molecule has 0 radical (unpaired) electrons. The number of benzene rings is 2. The van der Waals surface area contributed by atoms with Gasteiger partial charge in [-0.05, 0) is 17.7 Å². The molecule has 2 N–H and O–H groups in total. The minimum Gasteiger partial charge on any atom is -0.496 e. The van der Waals surface area contributed by atoms with Crippen LogP contribution in [0.15, 0.2) is 66.2 Å². The van der Waals surface area contributed by atoms with Gasteiger partial charge in [-0.25, -0.2) is 0 Å². The standard InChI is InChI=1S/C22H29N3O2.HI/c1-5-14-27-20-12-8-6-10-18(20)16-25-22(23-3)24-15-17(2)19-11-7-9-13-21(19)26-4;/h5-13,17H,1,14-16H2,2-4H3,(H2,23,24,25);1H. The van der Waals surface area contributed by atoms with Crippen LogP contribution in [0.5, 0.6) is 11.5 Å². The fraction of sp³-hybridized carbons (Fsp3) is 0.318. The van der Waals surface area contributed by atoms with E-state index in [1.165, 1.54) is 5.56 Å². The predicted molar refractivity (Wildman–Crippen MR) is 127 cm³/mol. The highest BCUT2D eigenvalue weighted by molar-refractivity contribution is 14.0. The SMILES string of the molecule is C=CCOc1ccccc1CNC(=NC)NCC(C)c1ccccc1OC.I. The van der Waals surface area contributed by atoms with E-state index in [0.29, 0.717) is 13.2 Å². The molecule has 1 unspecified atom stereocenters. The van der Waals surface area contributed by atoms with E-state index in [-0.39, 0.29) is 29.9 Å². The molecule has 1 atom stereocenters. The Morgan fingerprint density at radius 2 is 1.79 bits per heavy atom. The zero-order valence-corrected chi connectivity index (χ0v) is 19.1. The molecule has 0 heterocycles. The molecule has 0 bridgehead atoms. The zero-order chi connectivity index (χ0) is 19.5. The summed E-state index contributed by atoms with van der Waals surface area (Å²) < 4.78 is 11.2. The number of nitrogens with one attached hydrogen (secondary N) is 2. The maximum absolute atomic E-state index is 5.70. The van der Waals surface area contributed by atoms with E-state index in [1.807, 2.05) is 42.5 Å². The van der Waals surface area contributed by atoms with Crippen LogP contribution in [-0.2, 0) is 6.54 Å². The summed E-state index contributed by atoms with van der Waals surface area (Å²) in [6, 6.07) is 16.0. The molecule has 2 aromatic rings. The molecule has 5 nitrogen and oxygen atoms in total. The van der Waals surface area contributed by atoms with Crippen LogP contribution < -0.4 is 20.1 Å². The van der Waals surface area contributed by atoms with Crippen LogP contribution in [0.4, 0.5) is 0 Å². The van der Waals surface area contributed by atoms with E-state index in [4.69, 9.17) is 9.47 Å². The molecule has 6 heteroatoms. The van der Waals surface area contributed by atoms with Crippen molar-refractivity contribution in [2.24, 2.45) is 4.99 Å². The summed E-state index contributed by atoms with van der Waals surface area (Å²) >= 11 is 0. The van der Waals surface area contributed by atoms with Crippen LogP contribution in [0.2, 0.25) is 0 Å². The minimum absolute atomic E-state index is 0. The van der Waals surface area contributed by atoms with Gasteiger partial charge in [-0.1, -0.05) is 56.0 Å². The van der Waals surface area contributed by atoms with E-state index >= 15 is 0 Å². The lowest BCUT2D eigenvalue weighted by molar-refractivity contribution is 0.358. The number of nitrogens with zero attached hydrogens (tertiary/aromatic N) is 1. The molecule has 0 amide bonds. The molecule has 0 aliphatic carbocycles. The number of ether oxygens (including phenoxy) is 2. The summed E-state index contributed by atoms with van der Waals surface area (Å²) in [4.78, 5) is 4.31. The Balaban J connectivity index is 0.00000392. The number of para-hydroxylation sites is 2. The summed E-state index contributed by atoms with van der Waals surface area (Å²) in [5.41, 5.74) is 2.24. The summed E-state index contributed by atoms with van der Waals surface area (Å²) in [6.45, 7) is 7.71. The number of hydrogen-bond donors (Lipinski definition) is 2. The normalized spacial score (nSPS) is 11.8. The summed E-state index contributed by atoms with van der Waals surface area (Å²) in [7, 11) is 3.47. The number of guanidine groups is 1. The first-order valence-electron chi connectivity index (χ1n) is 9.08. The van der Waals surface area contributed by atoms with Crippen LogP contribution in [-0.4, -0.2) is 33.3 Å². The number of methoxy groups -OCH3 is 1. The first-order valence-corrected chi connectivity index (χ1v) is 9.08. The third-order valence-electron chi connectivity index (χ3n) is 4.24. The molecule has 0 aromatic heterocycles. The van der Waals surface area contributed by atoms with Crippen molar-refractivity contribution < 1.29 is 9.47 Å². The first-order chi connectivity index (χ1) is 13.2. The van der Waals surface area contributed by atoms with Gasteiger partial charge in [0.15, 0.2) is 5.96 Å². The Bertz CT molecular complexity index is 765. The predicted octanol–water partition coefficient (Wildman–Crippen LogP) is 4.35. The molecule has 0 spiro atoms. The molecule has 0 aliphatic rings. The molecule has 0 fully saturated rings. The molecule has 2 aromatic carbocycles. The highest BCUT2D eigenvalue weighted by Gasteiger charge is 2.11. The second kappa shape index (κ2) is 13.0. The average Bonchev–Trinajstić information content (AvgIpc) is 2.72. The Labute approximate surface area is 185 Å². The van der Waals surface area contributed by atoms with Crippen molar-refractivity contribution in [2.45, 2.75) is 19.4 Å². The van der Waals surface area contributed by atoms with Crippen molar-refractivity contribution in [1.82, 2.24) is 10.6 Å². The van der Waals surface area contributed by atoms with Crippen molar-refractivity contribution in [2.75, 3.05) is 27.3 Å². The number of halogens is 1. The second-order valence-electron chi connectivity index (χ2n) is 6.16. The highest BCUT2D eigenvalue weighted by Crippen LogP contribution is 2.25. The quantitative estimate of drug-likeness (QED) is 0.235. The number of aliphatic imine (C=N–C) groups is 1. The Morgan fingerprint density at radius 3 is 2.46 bits per heavy atom. The van der Waals surface area contributed by atoms with Gasteiger partial charge in [0.05, 0.1) is 7.11 Å².